The molecule has 0 aliphatic rings. The Labute approximate surface area is 868 Å². The Hall–Kier alpha value is -19.9. The van der Waals surface area contributed by atoms with E-state index in [1.54, 1.807) is 0 Å². The van der Waals surface area contributed by atoms with E-state index in [9.17, 15) is 0 Å². The topological polar surface area (TPSA) is 29.6 Å². The Kier molecular flexibility index (Phi) is 21.9. The molecule has 6 heterocycles. The standard InChI is InChI=1S/3C48H32N2/c1-4-16-33(17-5-1)38-25-14-26-39(34-18-6-2-7-19-34)48(38)50-43-27-12-10-22-40(43)42-32-35(30-31-45(42)50)37-24-15-29-46-47(37)41-23-11-13-28-44(41)49(46)36-20-8-3-9-21-36;1-4-15-33(16-5-1)38-29-28-37(32-42(38)34-17-6-2-7-18-34)50-44-24-12-10-21-40(44)43-31-35(27-30-46(43)50)39-23-14-26-47-48(39)41-22-11-13-25-45(41)49(47)36-19-8-3-9-20-36;1-4-15-33(16-5-1)36-29-37(34-17-6-2-7-18-34)31-39(30-36)50-44-24-12-10-21-41(44)43-32-35(27-28-46(43)50)40-23-14-26-47-48(40)42-22-11-13-25-45(42)49(47)38-19-8-3-9-20-38/h3*1-32H. The van der Waals surface area contributed by atoms with Crippen LogP contribution in [-0.4, -0.2) is 27.4 Å². The van der Waals surface area contributed by atoms with E-state index >= 15 is 0 Å². The molecule has 0 fully saturated rings. The van der Waals surface area contributed by atoms with Gasteiger partial charge < -0.3 is 27.4 Å². The Morgan fingerprint density at radius 3 is 0.680 bits per heavy atom. The van der Waals surface area contributed by atoms with Gasteiger partial charge in [0.1, 0.15) is 0 Å². The molecule has 30 aromatic rings. The maximum atomic E-state index is 2.49. The summed E-state index contributed by atoms with van der Waals surface area (Å²) in [5.41, 5.74) is 43.3. The first-order chi connectivity index (χ1) is 74.5. The molecule has 0 aliphatic carbocycles. The Morgan fingerprint density at radius 2 is 0.333 bits per heavy atom. The first kappa shape index (κ1) is 87.8. The minimum atomic E-state index is 1.15. The van der Waals surface area contributed by atoms with Crippen LogP contribution < -0.4 is 0 Å². The Morgan fingerprint density at radius 1 is 0.0933 bits per heavy atom. The SMILES string of the molecule is c1ccc(-c2cc(-c3ccccc3)cc(-n3c4ccccc4c4cc(-c5cccc6c5c5ccccc5n6-c5ccccc5)ccc43)c2)cc1.c1ccc(-c2ccc(-n3c4ccccc4c4cc(-c5cccc6c5c5ccccc5n6-c5ccccc5)ccc43)cc2-c2ccccc2)cc1.c1ccc(-c2cccc(-c3ccccc3)c2-n2c3ccccc3c3cc(-c4cccc5c4c4ccccc4n5-c4ccccc4)ccc32)cc1. The fourth-order valence-corrected chi connectivity index (χ4v) is 23.8. The van der Waals surface area contributed by atoms with Gasteiger partial charge >= 0.3 is 0 Å². The highest BCUT2D eigenvalue weighted by Gasteiger charge is 2.27. The minimum Gasteiger partial charge on any atom is -0.309 e. The van der Waals surface area contributed by atoms with Gasteiger partial charge in [-0.25, -0.2) is 0 Å². The molecule has 6 nitrogen and oxygen atoms in total. The normalized spacial score (nSPS) is 11.6. The molecule has 0 N–H and O–H groups in total. The van der Waals surface area contributed by atoms with Gasteiger partial charge in [-0.05, 0) is 247 Å². The van der Waals surface area contributed by atoms with Crippen molar-refractivity contribution in [2.24, 2.45) is 0 Å². The molecule has 0 radical (unpaired) electrons. The van der Waals surface area contributed by atoms with Crippen LogP contribution in [0.25, 0.3) is 265 Å². The van der Waals surface area contributed by atoms with E-state index in [4.69, 9.17) is 0 Å². The first-order valence-electron chi connectivity index (χ1n) is 51.6. The van der Waals surface area contributed by atoms with E-state index in [0.717, 1.165) is 11.4 Å². The van der Waals surface area contributed by atoms with Gasteiger partial charge in [0.05, 0.1) is 71.9 Å². The van der Waals surface area contributed by atoms with Gasteiger partial charge in [-0.15, -0.1) is 0 Å². The van der Waals surface area contributed by atoms with Crippen LogP contribution in [0, 0.1) is 0 Å². The Balaban J connectivity index is 0.000000108. The second-order valence-electron chi connectivity index (χ2n) is 38.8. The molecule has 0 saturated carbocycles. The van der Waals surface area contributed by atoms with E-state index in [1.807, 2.05) is 0 Å². The van der Waals surface area contributed by atoms with Crippen molar-refractivity contribution in [3.63, 3.8) is 0 Å². The molecule has 0 spiro atoms. The maximum absolute atomic E-state index is 2.49. The van der Waals surface area contributed by atoms with Gasteiger partial charge in [-0.3, -0.25) is 0 Å². The minimum absolute atomic E-state index is 1.15. The Bertz CT molecular complexity index is 10300. The number of benzene rings is 24. The quantitative estimate of drug-likeness (QED) is 0.0979. The van der Waals surface area contributed by atoms with Crippen LogP contribution in [0.3, 0.4) is 0 Å². The van der Waals surface area contributed by atoms with Crippen LogP contribution in [0.1, 0.15) is 0 Å². The summed E-state index contributed by atoms with van der Waals surface area (Å²) >= 11 is 0. The van der Waals surface area contributed by atoms with Gasteiger partial charge in [-0.2, -0.15) is 0 Å². The van der Waals surface area contributed by atoms with Crippen molar-refractivity contribution < 1.29 is 0 Å². The molecule has 702 valence electrons. The summed E-state index contributed by atoms with van der Waals surface area (Å²) in [5.74, 6) is 0. The molecule has 6 aromatic heterocycles. The molecule has 150 heavy (non-hydrogen) atoms. The highest BCUT2D eigenvalue weighted by molar-refractivity contribution is 6.22. The van der Waals surface area contributed by atoms with Crippen LogP contribution >= 0.6 is 0 Å². The molecule has 0 saturated heterocycles. The maximum Gasteiger partial charge on any atom is 0.0618 e. The van der Waals surface area contributed by atoms with Crippen LogP contribution in [0.5, 0.6) is 0 Å². The van der Waals surface area contributed by atoms with E-state index in [-0.39, 0.29) is 0 Å². The number of para-hydroxylation sites is 10. The molecule has 0 aliphatic heterocycles. The van der Waals surface area contributed by atoms with Gasteiger partial charge in [-0.1, -0.05) is 425 Å². The number of nitrogens with zero attached hydrogens (tertiary/aromatic N) is 6. The number of rotatable bonds is 15. The molecule has 24 aromatic carbocycles. The fraction of sp³-hybridized carbons (Fsp3) is 0. The summed E-state index contributed by atoms with van der Waals surface area (Å²) in [6.07, 6.45) is 0. The average molecular weight is 1910 g/mol. The van der Waals surface area contributed by atoms with Crippen LogP contribution in [0.4, 0.5) is 0 Å². The lowest BCUT2D eigenvalue weighted by atomic mass is 9.94. The molecule has 0 atom stereocenters. The van der Waals surface area contributed by atoms with E-state index < -0.39 is 0 Å². The van der Waals surface area contributed by atoms with Crippen molar-refractivity contribution in [3.05, 3.63) is 582 Å². The third kappa shape index (κ3) is 15.1. The molecule has 0 amide bonds. The molecular formula is C144H96N6. The predicted octanol–water partition coefficient (Wildman–Crippen LogP) is 38.6. The zero-order valence-corrected chi connectivity index (χ0v) is 82.1. The average Bonchev–Trinajstić information content (AvgIpc) is 1.55. The van der Waals surface area contributed by atoms with Crippen LogP contribution in [0.15, 0.2) is 582 Å². The van der Waals surface area contributed by atoms with Crippen molar-refractivity contribution in [3.8, 4) is 134 Å². The molecule has 0 bridgehead atoms. The number of fused-ring (bicyclic) bond motifs is 18. The monoisotopic (exact) mass is 1910 g/mol. The lowest BCUT2D eigenvalue weighted by Gasteiger charge is -2.19. The third-order valence-electron chi connectivity index (χ3n) is 30.3. The molecular weight excluding hydrogens is 1810 g/mol. The molecule has 30 rings (SSSR count). The van der Waals surface area contributed by atoms with Crippen molar-refractivity contribution >= 4 is 131 Å². The van der Waals surface area contributed by atoms with Gasteiger partial charge in [0.2, 0.25) is 0 Å². The van der Waals surface area contributed by atoms with E-state index in [2.05, 4.69) is 610 Å². The van der Waals surface area contributed by atoms with Crippen LogP contribution in [0.2, 0.25) is 0 Å². The van der Waals surface area contributed by atoms with Crippen molar-refractivity contribution in [1.29, 1.82) is 0 Å². The lowest BCUT2D eigenvalue weighted by molar-refractivity contribution is 1.18. The molecule has 0 unspecified atom stereocenters. The zero-order chi connectivity index (χ0) is 99.1. The summed E-state index contributed by atoms with van der Waals surface area (Å²) in [4.78, 5) is 0. The summed E-state index contributed by atoms with van der Waals surface area (Å²) in [6, 6.07) is 211. The summed E-state index contributed by atoms with van der Waals surface area (Å²) in [6.45, 7) is 0. The summed E-state index contributed by atoms with van der Waals surface area (Å²) < 4.78 is 14.5. The van der Waals surface area contributed by atoms with Gasteiger partial charge in [0.15, 0.2) is 0 Å². The molecule has 6 heteroatoms. The second-order valence-corrected chi connectivity index (χ2v) is 38.8. The largest absolute Gasteiger partial charge is 0.309 e. The highest BCUT2D eigenvalue weighted by atomic mass is 15.0. The number of aromatic nitrogens is 6. The van der Waals surface area contributed by atoms with Gasteiger partial charge in [0.25, 0.3) is 0 Å². The number of hydrogen-bond donors (Lipinski definition) is 0. The fourth-order valence-electron chi connectivity index (χ4n) is 23.8. The summed E-state index contributed by atoms with van der Waals surface area (Å²) in [7, 11) is 0. The zero-order valence-electron chi connectivity index (χ0n) is 82.1. The number of hydrogen-bond acceptors (Lipinski definition) is 0. The lowest BCUT2D eigenvalue weighted by Crippen LogP contribution is -2.00. The van der Waals surface area contributed by atoms with Crippen molar-refractivity contribution in [1.82, 2.24) is 27.4 Å². The van der Waals surface area contributed by atoms with E-state index in [1.165, 1.54) is 254 Å². The highest BCUT2D eigenvalue weighted by Crippen LogP contribution is 2.50. The second kappa shape index (κ2) is 37.4. The third-order valence-corrected chi connectivity index (χ3v) is 30.3. The van der Waals surface area contributed by atoms with E-state index in [0.29, 0.717) is 0 Å². The smallest absolute Gasteiger partial charge is 0.0618 e. The predicted molar refractivity (Wildman–Crippen MR) is 634 cm³/mol. The summed E-state index contributed by atoms with van der Waals surface area (Å²) in [5, 5.41) is 15.1. The first-order valence-corrected chi connectivity index (χ1v) is 51.6. The van der Waals surface area contributed by atoms with Gasteiger partial charge in [0, 0.05) is 104 Å². The van der Waals surface area contributed by atoms with Crippen molar-refractivity contribution in [2.45, 2.75) is 0 Å². The van der Waals surface area contributed by atoms with Crippen molar-refractivity contribution in [2.75, 3.05) is 0 Å². The van der Waals surface area contributed by atoms with Crippen LogP contribution in [-0.2, 0) is 0 Å².